The summed E-state index contributed by atoms with van der Waals surface area (Å²) in [5.74, 6) is 2.56. The van der Waals surface area contributed by atoms with Gasteiger partial charge >= 0.3 is 0 Å². The Bertz CT molecular complexity index is 312. The van der Waals surface area contributed by atoms with Gasteiger partial charge < -0.3 is 0 Å². The predicted molar refractivity (Wildman–Crippen MR) is 45.8 cm³/mol. The summed E-state index contributed by atoms with van der Waals surface area (Å²) in [4.78, 5) is 0. The molecule has 1 aliphatic heterocycles. The highest BCUT2D eigenvalue weighted by Gasteiger charge is 2.39. The van der Waals surface area contributed by atoms with Crippen LogP contribution < -0.4 is 0 Å². The number of rotatable bonds is 0. The molecule has 4 heteroatoms. The van der Waals surface area contributed by atoms with Crippen LogP contribution >= 0.6 is 0 Å². The van der Waals surface area contributed by atoms with E-state index in [4.69, 9.17) is 6.42 Å². The van der Waals surface area contributed by atoms with Gasteiger partial charge in [0.2, 0.25) is 0 Å². The Morgan fingerprint density at radius 2 is 2.25 bits per heavy atom. The van der Waals surface area contributed by atoms with Crippen LogP contribution in [-0.4, -0.2) is 20.8 Å². The third kappa shape index (κ3) is 1.62. The maximum absolute atomic E-state index is 11.0. The second kappa shape index (κ2) is 2.75. The van der Waals surface area contributed by atoms with Crippen molar-refractivity contribution in [2.75, 3.05) is 12.4 Å². The van der Waals surface area contributed by atoms with Crippen LogP contribution in [0.25, 0.3) is 0 Å². The standard InChI is InChI=1S/C8H12O3S/c1-4-8(3)6-11-12(9,10)5-7(8)2/h1,7H,5-6H2,2-3H3. The molecule has 1 heterocycles. The molecule has 1 rings (SSSR count). The van der Waals surface area contributed by atoms with E-state index in [1.165, 1.54) is 0 Å². The third-order valence-corrected chi connectivity index (χ3v) is 3.80. The Balaban J connectivity index is 2.88. The highest BCUT2D eigenvalue weighted by molar-refractivity contribution is 7.86. The molecule has 12 heavy (non-hydrogen) atoms. The van der Waals surface area contributed by atoms with Crippen molar-refractivity contribution < 1.29 is 12.6 Å². The molecule has 1 aliphatic rings. The smallest absolute Gasteiger partial charge is 0.267 e. The lowest BCUT2D eigenvalue weighted by atomic mass is 9.81. The van der Waals surface area contributed by atoms with Crippen molar-refractivity contribution in [1.82, 2.24) is 0 Å². The fourth-order valence-corrected chi connectivity index (χ4v) is 2.58. The molecule has 68 valence electrons. The van der Waals surface area contributed by atoms with Crippen LogP contribution in [0, 0.1) is 23.7 Å². The van der Waals surface area contributed by atoms with Crippen molar-refractivity contribution in [3.8, 4) is 12.3 Å². The maximum Gasteiger partial charge on any atom is 0.267 e. The van der Waals surface area contributed by atoms with Crippen LogP contribution in [0.15, 0.2) is 0 Å². The molecule has 2 atom stereocenters. The van der Waals surface area contributed by atoms with Gasteiger partial charge in [0.15, 0.2) is 0 Å². The zero-order valence-electron chi connectivity index (χ0n) is 7.20. The van der Waals surface area contributed by atoms with Crippen LogP contribution in [0.5, 0.6) is 0 Å². The van der Waals surface area contributed by atoms with Crippen molar-refractivity contribution in [3.05, 3.63) is 0 Å². The Morgan fingerprint density at radius 1 is 1.67 bits per heavy atom. The predicted octanol–water partition coefficient (Wildman–Crippen LogP) is 0.622. The van der Waals surface area contributed by atoms with Crippen molar-refractivity contribution in [2.45, 2.75) is 13.8 Å². The fraction of sp³-hybridized carbons (Fsp3) is 0.750. The molecule has 2 unspecified atom stereocenters. The molecule has 0 aromatic carbocycles. The first-order valence-electron chi connectivity index (χ1n) is 3.74. The molecule has 0 amide bonds. The normalized spacial score (nSPS) is 40.2. The molecule has 0 bridgehead atoms. The maximum atomic E-state index is 11.0. The molecular formula is C8H12O3S. The van der Waals surface area contributed by atoms with Gasteiger partial charge in [-0.1, -0.05) is 12.8 Å². The quantitative estimate of drug-likeness (QED) is 0.413. The van der Waals surface area contributed by atoms with Crippen LogP contribution in [0.1, 0.15) is 13.8 Å². The summed E-state index contributed by atoms with van der Waals surface area (Å²) in [6.45, 7) is 3.78. The first kappa shape index (κ1) is 9.56. The van der Waals surface area contributed by atoms with E-state index in [-0.39, 0.29) is 18.3 Å². The Kier molecular flexibility index (Phi) is 2.19. The van der Waals surface area contributed by atoms with Crippen molar-refractivity contribution in [1.29, 1.82) is 0 Å². The largest absolute Gasteiger partial charge is 0.268 e. The highest BCUT2D eigenvalue weighted by atomic mass is 32.2. The minimum atomic E-state index is -3.31. The molecule has 0 aromatic heterocycles. The summed E-state index contributed by atoms with van der Waals surface area (Å²) in [7, 11) is -3.31. The number of terminal acetylenes is 1. The summed E-state index contributed by atoms with van der Waals surface area (Å²) in [5, 5.41) is 0. The van der Waals surface area contributed by atoms with Gasteiger partial charge in [-0.25, -0.2) is 0 Å². The van der Waals surface area contributed by atoms with E-state index in [0.29, 0.717) is 0 Å². The zero-order chi connectivity index (χ0) is 9.41. The van der Waals surface area contributed by atoms with Gasteiger partial charge in [-0.05, 0) is 12.8 Å². The molecule has 0 aromatic rings. The van der Waals surface area contributed by atoms with Crippen LogP contribution in [0.3, 0.4) is 0 Å². The van der Waals surface area contributed by atoms with Crippen molar-refractivity contribution in [2.24, 2.45) is 11.3 Å². The van der Waals surface area contributed by atoms with E-state index in [2.05, 4.69) is 10.1 Å². The number of hydrogen-bond acceptors (Lipinski definition) is 3. The summed E-state index contributed by atoms with van der Waals surface area (Å²) < 4.78 is 26.6. The van der Waals surface area contributed by atoms with E-state index >= 15 is 0 Å². The summed E-state index contributed by atoms with van der Waals surface area (Å²) in [6.07, 6.45) is 5.29. The highest BCUT2D eigenvalue weighted by Crippen LogP contribution is 2.32. The van der Waals surface area contributed by atoms with Gasteiger partial charge in [-0.3, -0.25) is 4.18 Å². The lowest BCUT2D eigenvalue weighted by Gasteiger charge is -2.33. The monoisotopic (exact) mass is 188 g/mol. The van der Waals surface area contributed by atoms with E-state index in [1.807, 2.05) is 13.8 Å². The van der Waals surface area contributed by atoms with Crippen LogP contribution in [-0.2, 0) is 14.3 Å². The first-order chi connectivity index (χ1) is 5.40. The van der Waals surface area contributed by atoms with Gasteiger partial charge in [-0.15, -0.1) is 6.42 Å². The number of hydrogen-bond donors (Lipinski definition) is 0. The Morgan fingerprint density at radius 3 is 2.67 bits per heavy atom. The summed E-state index contributed by atoms with van der Waals surface area (Å²) in [5.41, 5.74) is -0.439. The van der Waals surface area contributed by atoms with Crippen LogP contribution in [0.4, 0.5) is 0 Å². The molecule has 0 radical (unpaired) electrons. The molecule has 0 aliphatic carbocycles. The van der Waals surface area contributed by atoms with Crippen molar-refractivity contribution >= 4 is 10.1 Å². The lowest BCUT2D eigenvalue weighted by Crippen LogP contribution is -2.40. The summed E-state index contributed by atoms with van der Waals surface area (Å²) in [6, 6.07) is 0. The van der Waals surface area contributed by atoms with Gasteiger partial charge in [0, 0.05) is 0 Å². The molecule has 3 nitrogen and oxygen atoms in total. The Hall–Kier alpha value is -0.530. The minimum absolute atomic E-state index is 0.0215. The first-order valence-corrected chi connectivity index (χ1v) is 5.32. The van der Waals surface area contributed by atoms with E-state index in [9.17, 15) is 8.42 Å². The summed E-state index contributed by atoms with van der Waals surface area (Å²) >= 11 is 0. The molecular weight excluding hydrogens is 176 g/mol. The van der Waals surface area contributed by atoms with E-state index in [0.717, 1.165) is 0 Å². The minimum Gasteiger partial charge on any atom is -0.268 e. The molecule has 1 saturated heterocycles. The molecule has 0 spiro atoms. The second-order valence-corrected chi connectivity index (χ2v) is 5.13. The van der Waals surface area contributed by atoms with Gasteiger partial charge in [-0.2, -0.15) is 8.42 Å². The fourth-order valence-electron chi connectivity index (χ4n) is 1.08. The second-order valence-electron chi connectivity index (χ2n) is 3.45. The van der Waals surface area contributed by atoms with Gasteiger partial charge in [0.25, 0.3) is 10.1 Å². The third-order valence-electron chi connectivity index (χ3n) is 2.41. The molecule has 0 N–H and O–H groups in total. The van der Waals surface area contributed by atoms with Gasteiger partial charge in [0.05, 0.1) is 17.8 Å². The average Bonchev–Trinajstić information content (AvgIpc) is 1.97. The molecule has 0 saturated carbocycles. The van der Waals surface area contributed by atoms with Gasteiger partial charge in [0.1, 0.15) is 0 Å². The SMILES string of the molecule is C#CC1(C)COS(=O)(=O)CC1C. The average molecular weight is 188 g/mol. The van der Waals surface area contributed by atoms with Crippen molar-refractivity contribution in [3.63, 3.8) is 0 Å². The van der Waals surface area contributed by atoms with Crippen LogP contribution in [0.2, 0.25) is 0 Å². The molecule has 1 fully saturated rings. The zero-order valence-corrected chi connectivity index (χ0v) is 8.02. The van der Waals surface area contributed by atoms with E-state index in [1.54, 1.807) is 0 Å². The lowest BCUT2D eigenvalue weighted by molar-refractivity contribution is 0.146. The topological polar surface area (TPSA) is 43.4 Å². The Labute approximate surface area is 73.2 Å². The van der Waals surface area contributed by atoms with E-state index < -0.39 is 15.5 Å².